The lowest BCUT2D eigenvalue weighted by atomic mass is 10.2. The van der Waals surface area contributed by atoms with Gasteiger partial charge in [0.1, 0.15) is 5.82 Å². The molecule has 0 aliphatic carbocycles. The number of rotatable bonds is 7. The first-order valence-corrected chi connectivity index (χ1v) is 8.83. The number of aromatic nitrogens is 1. The van der Waals surface area contributed by atoms with Crippen molar-refractivity contribution in [2.75, 3.05) is 19.5 Å². The average Bonchev–Trinajstić information content (AvgIpc) is 3.20. The molecule has 6 nitrogen and oxygen atoms in total. The molecule has 2 aromatic heterocycles. The predicted molar refractivity (Wildman–Crippen MR) is 103 cm³/mol. The lowest BCUT2D eigenvalue weighted by Gasteiger charge is -2.11. The Balaban J connectivity index is 1.63. The molecule has 0 aliphatic rings. The van der Waals surface area contributed by atoms with Gasteiger partial charge in [-0.2, -0.15) is 0 Å². The third-order valence-electron chi connectivity index (χ3n) is 3.68. The molecule has 0 saturated carbocycles. The molecule has 1 amide bonds. The molecule has 0 saturated heterocycles. The second-order valence-corrected chi connectivity index (χ2v) is 6.42. The number of methoxy groups -OCH3 is 2. The van der Waals surface area contributed by atoms with E-state index in [2.05, 4.69) is 15.6 Å². The summed E-state index contributed by atoms with van der Waals surface area (Å²) >= 11 is 1.61. The number of nitrogens with one attached hydrogen (secondary N) is 2. The van der Waals surface area contributed by atoms with E-state index < -0.39 is 0 Å². The van der Waals surface area contributed by atoms with Crippen molar-refractivity contribution in [3.05, 3.63) is 64.5 Å². The van der Waals surface area contributed by atoms with Gasteiger partial charge in [0.25, 0.3) is 5.91 Å². The highest BCUT2D eigenvalue weighted by Crippen LogP contribution is 2.30. The van der Waals surface area contributed by atoms with Gasteiger partial charge in [-0.25, -0.2) is 4.98 Å². The van der Waals surface area contributed by atoms with E-state index >= 15 is 0 Å². The number of carbonyl (C=O) groups is 1. The van der Waals surface area contributed by atoms with Gasteiger partial charge in [0.15, 0.2) is 11.5 Å². The molecule has 2 N–H and O–H groups in total. The Kier molecular flexibility index (Phi) is 5.70. The van der Waals surface area contributed by atoms with Crippen LogP contribution in [0.5, 0.6) is 11.5 Å². The Morgan fingerprint density at radius 3 is 2.62 bits per heavy atom. The Labute approximate surface area is 155 Å². The van der Waals surface area contributed by atoms with E-state index in [0.29, 0.717) is 29.4 Å². The number of carbonyl (C=O) groups excluding carboxylic acids is 1. The van der Waals surface area contributed by atoms with Crippen molar-refractivity contribution in [2.24, 2.45) is 0 Å². The van der Waals surface area contributed by atoms with Gasteiger partial charge in [-0.15, -0.1) is 11.3 Å². The molecule has 134 valence electrons. The van der Waals surface area contributed by atoms with Crippen LogP contribution in [0.4, 0.5) is 11.5 Å². The maximum Gasteiger partial charge on any atom is 0.253 e. The Morgan fingerprint density at radius 1 is 1.12 bits per heavy atom. The zero-order valence-corrected chi connectivity index (χ0v) is 15.3. The van der Waals surface area contributed by atoms with Crippen LogP contribution in [0, 0.1) is 0 Å². The van der Waals surface area contributed by atoms with Gasteiger partial charge >= 0.3 is 0 Å². The summed E-state index contributed by atoms with van der Waals surface area (Å²) in [5, 5.41) is 8.04. The van der Waals surface area contributed by atoms with Crippen molar-refractivity contribution >= 4 is 28.7 Å². The normalized spacial score (nSPS) is 10.2. The Bertz CT molecular complexity index is 864. The minimum atomic E-state index is -0.149. The molecule has 2 heterocycles. The number of anilines is 2. The smallest absolute Gasteiger partial charge is 0.253 e. The molecule has 7 heteroatoms. The predicted octanol–water partition coefficient (Wildman–Crippen LogP) is 3.83. The molecular formula is C19H19N3O3S. The van der Waals surface area contributed by atoms with Crippen LogP contribution in [-0.2, 0) is 6.54 Å². The zero-order chi connectivity index (χ0) is 18.4. The molecule has 3 rings (SSSR count). The minimum Gasteiger partial charge on any atom is -0.493 e. The van der Waals surface area contributed by atoms with Gasteiger partial charge in [-0.3, -0.25) is 4.79 Å². The van der Waals surface area contributed by atoms with Crippen molar-refractivity contribution in [3.8, 4) is 11.5 Å². The maximum atomic E-state index is 12.2. The lowest BCUT2D eigenvalue weighted by Crippen LogP contribution is -2.22. The van der Waals surface area contributed by atoms with Gasteiger partial charge in [0.05, 0.1) is 26.3 Å². The first-order chi connectivity index (χ1) is 12.7. The fraction of sp³-hybridized carbons (Fsp3) is 0.158. The topological polar surface area (TPSA) is 72.5 Å². The van der Waals surface area contributed by atoms with E-state index in [1.165, 1.54) is 0 Å². The van der Waals surface area contributed by atoms with Gasteiger partial charge in [-0.1, -0.05) is 6.07 Å². The fourth-order valence-electron chi connectivity index (χ4n) is 2.35. The van der Waals surface area contributed by atoms with E-state index in [1.807, 2.05) is 35.7 Å². The molecule has 0 spiro atoms. The highest BCUT2D eigenvalue weighted by Gasteiger charge is 2.08. The second kappa shape index (κ2) is 8.35. The summed E-state index contributed by atoms with van der Waals surface area (Å²) in [7, 11) is 3.18. The first kappa shape index (κ1) is 17.8. The number of nitrogens with zero attached hydrogens (tertiary/aromatic N) is 1. The van der Waals surface area contributed by atoms with Crippen molar-refractivity contribution in [1.29, 1.82) is 0 Å². The van der Waals surface area contributed by atoms with Crippen molar-refractivity contribution in [1.82, 2.24) is 10.3 Å². The van der Waals surface area contributed by atoms with Crippen LogP contribution in [0.3, 0.4) is 0 Å². The van der Waals surface area contributed by atoms with E-state index in [1.54, 1.807) is 43.9 Å². The molecule has 3 aromatic rings. The zero-order valence-electron chi connectivity index (χ0n) is 14.5. The molecule has 1 aromatic carbocycles. The number of benzene rings is 1. The number of amides is 1. The third-order valence-corrected chi connectivity index (χ3v) is 4.56. The molecular weight excluding hydrogens is 350 g/mol. The molecule has 26 heavy (non-hydrogen) atoms. The number of hydrogen-bond donors (Lipinski definition) is 2. The van der Waals surface area contributed by atoms with Crippen LogP contribution < -0.4 is 20.1 Å². The Morgan fingerprint density at radius 2 is 1.96 bits per heavy atom. The molecule has 0 aliphatic heterocycles. The standard InChI is InChI=1S/C19H19N3O3S/c1-24-16-7-6-14(10-17(16)25-2)22-18-8-5-13(11-20-18)19(23)21-12-15-4-3-9-26-15/h3-11H,12H2,1-2H3,(H,20,22)(H,21,23). The highest BCUT2D eigenvalue weighted by atomic mass is 32.1. The summed E-state index contributed by atoms with van der Waals surface area (Å²) in [6, 6.07) is 12.9. The third kappa shape index (κ3) is 4.31. The van der Waals surface area contributed by atoms with Gasteiger partial charge in [-0.05, 0) is 35.7 Å². The van der Waals surface area contributed by atoms with Crippen LogP contribution in [0.15, 0.2) is 54.0 Å². The molecule has 0 unspecified atom stereocenters. The Hall–Kier alpha value is -3.06. The van der Waals surface area contributed by atoms with Crippen LogP contribution >= 0.6 is 11.3 Å². The highest BCUT2D eigenvalue weighted by molar-refractivity contribution is 7.09. The van der Waals surface area contributed by atoms with E-state index in [4.69, 9.17) is 9.47 Å². The quantitative estimate of drug-likeness (QED) is 0.662. The summed E-state index contributed by atoms with van der Waals surface area (Å²) in [5.41, 5.74) is 1.32. The van der Waals surface area contributed by atoms with Crippen LogP contribution in [0.2, 0.25) is 0 Å². The number of thiophene rings is 1. The van der Waals surface area contributed by atoms with Crippen LogP contribution in [0.1, 0.15) is 15.2 Å². The summed E-state index contributed by atoms with van der Waals surface area (Å²) in [5.74, 6) is 1.77. The average molecular weight is 369 g/mol. The molecule has 0 fully saturated rings. The van der Waals surface area contributed by atoms with E-state index in [0.717, 1.165) is 10.6 Å². The van der Waals surface area contributed by atoms with E-state index in [9.17, 15) is 4.79 Å². The van der Waals surface area contributed by atoms with Gasteiger partial charge in [0.2, 0.25) is 0 Å². The number of hydrogen-bond acceptors (Lipinski definition) is 6. The number of ether oxygens (including phenoxy) is 2. The summed E-state index contributed by atoms with van der Waals surface area (Å²) < 4.78 is 10.5. The van der Waals surface area contributed by atoms with Crippen molar-refractivity contribution < 1.29 is 14.3 Å². The van der Waals surface area contributed by atoms with Gasteiger partial charge in [0, 0.05) is 22.8 Å². The summed E-state index contributed by atoms with van der Waals surface area (Å²) in [6.07, 6.45) is 1.55. The van der Waals surface area contributed by atoms with Crippen LogP contribution in [0.25, 0.3) is 0 Å². The van der Waals surface area contributed by atoms with Crippen LogP contribution in [-0.4, -0.2) is 25.1 Å². The summed E-state index contributed by atoms with van der Waals surface area (Å²) in [6.45, 7) is 0.516. The SMILES string of the molecule is COc1ccc(Nc2ccc(C(=O)NCc3cccs3)cn2)cc1OC. The largest absolute Gasteiger partial charge is 0.493 e. The maximum absolute atomic E-state index is 12.2. The molecule has 0 atom stereocenters. The fourth-order valence-corrected chi connectivity index (χ4v) is 2.99. The van der Waals surface area contributed by atoms with Crippen molar-refractivity contribution in [2.45, 2.75) is 6.54 Å². The molecule has 0 radical (unpaired) electrons. The van der Waals surface area contributed by atoms with Gasteiger partial charge < -0.3 is 20.1 Å². The van der Waals surface area contributed by atoms with Crippen molar-refractivity contribution in [3.63, 3.8) is 0 Å². The molecule has 0 bridgehead atoms. The monoisotopic (exact) mass is 369 g/mol. The number of pyridine rings is 1. The minimum absolute atomic E-state index is 0.149. The lowest BCUT2D eigenvalue weighted by molar-refractivity contribution is 0.0951. The second-order valence-electron chi connectivity index (χ2n) is 5.39. The van der Waals surface area contributed by atoms with E-state index in [-0.39, 0.29) is 5.91 Å². The first-order valence-electron chi connectivity index (χ1n) is 7.95. The summed E-state index contributed by atoms with van der Waals surface area (Å²) in [4.78, 5) is 17.6.